The highest BCUT2D eigenvalue weighted by molar-refractivity contribution is 6.05. The van der Waals surface area contributed by atoms with Crippen LogP contribution < -0.4 is 10.1 Å². The van der Waals surface area contributed by atoms with E-state index in [0.717, 1.165) is 68.7 Å². The van der Waals surface area contributed by atoms with Gasteiger partial charge < -0.3 is 15.0 Å². The van der Waals surface area contributed by atoms with Gasteiger partial charge in [-0.1, -0.05) is 42.3 Å². The maximum Gasteiger partial charge on any atom is 0.234 e. The molecule has 0 bridgehead atoms. The molecular weight excluding hydrogens is 360 g/mol. The highest BCUT2D eigenvalue weighted by Crippen LogP contribution is 2.40. The van der Waals surface area contributed by atoms with Crippen molar-refractivity contribution in [3.8, 4) is 5.75 Å². The smallest absolute Gasteiger partial charge is 0.234 e. The van der Waals surface area contributed by atoms with Crippen LogP contribution in [0.4, 0.5) is 5.69 Å². The summed E-state index contributed by atoms with van der Waals surface area (Å²) in [6, 6.07) is 16.5. The van der Waals surface area contributed by atoms with Gasteiger partial charge in [0.25, 0.3) is 0 Å². The number of nitrogens with zero attached hydrogens (tertiary/aromatic N) is 1. The van der Waals surface area contributed by atoms with Gasteiger partial charge in [0, 0.05) is 18.8 Å². The van der Waals surface area contributed by atoms with E-state index in [-0.39, 0.29) is 11.3 Å². The Balaban J connectivity index is 1.19. The maximum absolute atomic E-state index is 12.5. The number of benzene rings is 2. The Morgan fingerprint density at radius 3 is 2.55 bits per heavy atom. The predicted octanol–water partition coefficient (Wildman–Crippen LogP) is 4.92. The number of para-hydroxylation sites is 1. The molecule has 4 heteroatoms. The molecule has 1 fully saturated rings. The van der Waals surface area contributed by atoms with Gasteiger partial charge >= 0.3 is 0 Å². The normalized spacial score (nSPS) is 22.3. The number of likely N-dealkylation sites (tertiary alicyclic amines) is 1. The van der Waals surface area contributed by atoms with Gasteiger partial charge in [0.15, 0.2) is 0 Å². The van der Waals surface area contributed by atoms with E-state index >= 15 is 0 Å². The summed E-state index contributed by atoms with van der Waals surface area (Å²) < 4.78 is 6.14. The number of carbonyl (C=O) groups excluding carboxylic acids is 1. The second-order valence-corrected chi connectivity index (χ2v) is 8.76. The molecule has 1 unspecified atom stereocenters. The summed E-state index contributed by atoms with van der Waals surface area (Å²) in [5.74, 6) is 1.13. The Morgan fingerprint density at radius 1 is 1.07 bits per heavy atom. The van der Waals surface area contributed by atoms with Crippen molar-refractivity contribution in [1.29, 1.82) is 0 Å². The molecule has 2 aliphatic heterocycles. The molecule has 0 saturated carbocycles. The molecule has 4 rings (SSSR count). The van der Waals surface area contributed by atoms with Crippen molar-refractivity contribution in [2.45, 2.75) is 57.5 Å². The van der Waals surface area contributed by atoms with E-state index in [1.807, 2.05) is 18.2 Å². The van der Waals surface area contributed by atoms with Crippen LogP contribution in [0.3, 0.4) is 0 Å². The van der Waals surface area contributed by atoms with Crippen molar-refractivity contribution >= 4 is 11.6 Å². The number of nitrogens with one attached hydrogen (secondary N) is 1. The van der Waals surface area contributed by atoms with Crippen molar-refractivity contribution < 1.29 is 9.53 Å². The van der Waals surface area contributed by atoms with Crippen LogP contribution in [-0.4, -0.2) is 36.5 Å². The minimum atomic E-state index is -0.383. The number of rotatable bonds is 7. The summed E-state index contributed by atoms with van der Waals surface area (Å²) >= 11 is 0. The van der Waals surface area contributed by atoms with Crippen LogP contribution in [0.2, 0.25) is 0 Å². The molecule has 1 amide bonds. The quantitative estimate of drug-likeness (QED) is 0.680. The first-order valence-electron chi connectivity index (χ1n) is 10.9. The highest BCUT2D eigenvalue weighted by atomic mass is 16.5. The second kappa shape index (κ2) is 8.58. The largest absolute Gasteiger partial charge is 0.490 e. The molecule has 1 atom stereocenters. The number of ether oxygens (including phenoxy) is 1. The first kappa shape index (κ1) is 20.0. The lowest BCUT2D eigenvalue weighted by Crippen LogP contribution is -2.38. The number of unbranched alkanes of at least 4 members (excludes halogenated alkanes) is 1. The Labute approximate surface area is 174 Å². The molecule has 2 aromatic carbocycles. The van der Waals surface area contributed by atoms with E-state index < -0.39 is 0 Å². The molecule has 154 valence electrons. The van der Waals surface area contributed by atoms with Gasteiger partial charge in [0.1, 0.15) is 11.9 Å². The lowest BCUT2D eigenvalue weighted by Gasteiger charge is -2.32. The summed E-state index contributed by atoms with van der Waals surface area (Å²) in [5, 5.41) is 3.04. The van der Waals surface area contributed by atoms with E-state index in [1.54, 1.807) is 0 Å². The molecule has 29 heavy (non-hydrogen) atoms. The van der Waals surface area contributed by atoms with Crippen LogP contribution in [0.5, 0.6) is 5.75 Å². The number of carbonyl (C=O) groups is 1. The van der Waals surface area contributed by atoms with Crippen LogP contribution >= 0.6 is 0 Å². The van der Waals surface area contributed by atoms with Gasteiger partial charge in [-0.2, -0.15) is 0 Å². The van der Waals surface area contributed by atoms with Crippen LogP contribution in [0.1, 0.15) is 50.2 Å². The van der Waals surface area contributed by atoms with Gasteiger partial charge in [0.2, 0.25) is 5.91 Å². The number of hydrogen-bond donors (Lipinski definition) is 1. The molecule has 1 N–H and O–H groups in total. The predicted molar refractivity (Wildman–Crippen MR) is 118 cm³/mol. The minimum Gasteiger partial charge on any atom is -0.490 e. The van der Waals surface area contributed by atoms with Crippen LogP contribution in [-0.2, 0) is 10.2 Å². The third-order valence-electron chi connectivity index (χ3n) is 6.53. The molecule has 2 aliphatic rings. The standard InChI is InChI=1S/C25H32N2O2/c1-19-9-11-20(12-10-19)29-21-13-17-27(18-14-21)16-6-5-15-25(2)22-7-3-4-8-23(22)26-24(25)28/h3-4,7-12,21H,5-6,13-18H2,1-2H3,(H,26,28). The van der Waals surface area contributed by atoms with Gasteiger partial charge in [-0.15, -0.1) is 0 Å². The molecular formula is C25H32N2O2. The summed E-state index contributed by atoms with van der Waals surface area (Å²) in [6.07, 6.45) is 5.60. The summed E-state index contributed by atoms with van der Waals surface area (Å²) in [5.41, 5.74) is 3.01. The topological polar surface area (TPSA) is 41.6 Å². The lowest BCUT2D eigenvalue weighted by atomic mass is 9.79. The van der Waals surface area contributed by atoms with Crippen LogP contribution in [0, 0.1) is 6.92 Å². The number of amides is 1. The second-order valence-electron chi connectivity index (χ2n) is 8.76. The van der Waals surface area contributed by atoms with Gasteiger partial charge in [0.05, 0.1) is 5.41 Å². The van der Waals surface area contributed by atoms with Crippen LogP contribution in [0.25, 0.3) is 0 Å². The first-order valence-corrected chi connectivity index (χ1v) is 10.9. The third-order valence-corrected chi connectivity index (χ3v) is 6.53. The molecule has 4 nitrogen and oxygen atoms in total. The number of anilines is 1. The van der Waals surface area contributed by atoms with Crippen molar-refractivity contribution in [3.63, 3.8) is 0 Å². The molecule has 2 heterocycles. The van der Waals surface area contributed by atoms with Crippen LogP contribution in [0.15, 0.2) is 48.5 Å². The molecule has 0 aliphatic carbocycles. The average molecular weight is 393 g/mol. The highest BCUT2D eigenvalue weighted by Gasteiger charge is 2.41. The summed E-state index contributed by atoms with van der Waals surface area (Å²) in [6.45, 7) is 7.48. The molecule has 2 aromatic rings. The zero-order valence-electron chi connectivity index (χ0n) is 17.6. The van der Waals surface area contributed by atoms with Crippen molar-refractivity contribution in [2.75, 3.05) is 25.0 Å². The van der Waals surface area contributed by atoms with E-state index in [4.69, 9.17) is 4.74 Å². The third kappa shape index (κ3) is 4.48. The summed E-state index contributed by atoms with van der Waals surface area (Å²) in [4.78, 5) is 15.1. The first-order chi connectivity index (χ1) is 14.0. The summed E-state index contributed by atoms with van der Waals surface area (Å²) in [7, 11) is 0. The Bertz CT molecular complexity index is 840. The fraction of sp³-hybridized carbons (Fsp3) is 0.480. The fourth-order valence-electron chi connectivity index (χ4n) is 4.58. The Morgan fingerprint density at radius 2 is 1.79 bits per heavy atom. The average Bonchev–Trinajstić information content (AvgIpc) is 2.99. The lowest BCUT2D eigenvalue weighted by molar-refractivity contribution is -0.120. The van der Waals surface area contributed by atoms with Crippen molar-refractivity contribution in [1.82, 2.24) is 4.90 Å². The van der Waals surface area contributed by atoms with E-state index in [1.165, 1.54) is 5.56 Å². The Kier molecular flexibility index (Phi) is 5.91. The minimum absolute atomic E-state index is 0.146. The number of fused-ring (bicyclic) bond motifs is 1. The van der Waals surface area contributed by atoms with Gasteiger partial charge in [-0.3, -0.25) is 4.79 Å². The van der Waals surface area contributed by atoms with E-state index in [9.17, 15) is 4.79 Å². The van der Waals surface area contributed by atoms with Gasteiger partial charge in [-0.25, -0.2) is 0 Å². The number of hydrogen-bond acceptors (Lipinski definition) is 3. The monoisotopic (exact) mass is 392 g/mol. The Hall–Kier alpha value is -2.33. The zero-order valence-corrected chi connectivity index (χ0v) is 17.6. The zero-order chi connectivity index (χ0) is 20.3. The molecule has 0 spiro atoms. The molecule has 0 radical (unpaired) electrons. The number of piperidine rings is 1. The van der Waals surface area contributed by atoms with Gasteiger partial charge in [-0.05, 0) is 69.8 Å². The van der Waals surface area contributed by atoms with E-state index in [2.05, 4.69) is 54.4 Å². The molecule has 0 aromatic heterocycles. The maximum atomic E-state index is 12.5. The van der Waals surface area contributed by atoms with E-state index in [0.29, 0.717) is 6.10 Å². The fourth-order valence-corrected chi connectivity index (χ4v) is 4.58. The van der Waals surface area contributed by atoms with Crippen molar-refractivity contribution in [2.24, 2.45) is 0 Å². The number of aryl methyl sites for hydroxylation is 1. The SMILES string of the molecule is Cc1ccc(OC2CCN(CCCCC3(C)C(=O)Nc4ccccc43)CC2)cc1. The molecule has 1 saturated heterocycles. The van der Waals surface area contributed by atoms with Crippen molar-refractivity contribution in [3.05, 3.63) is 59.7 Å².